The molecule has 1 fully saturated rings. The van der Waals surface area contributed by atoms with E-state index < -0.39 is 0 Å². The molecular formula is C15H32N2O2. The maximum atomic E-state index is 9.92. The number of hydrogen-bond acceptors (Lipinski definition) is 4. The summed E-state index contributed by atoms with van der Waals surface area (Å²) in [7, 11) is 4.30. The van der Waals surface area contributed by atoms with Gasteiger partial charge in [-0.05, 0) is 52.4 Å². The number of aliphatic hydroxyl groups is 1. The Morgan fingerprint density at radius 1 is 1.37 bits per heavy atom. The van der Waals surface area contributed by atoms with E-state index in [1.54, 1.807) is 0 Å². The minimum absolute atomic E-state index is 0.354. The van der Waals surface area contributed by atoms with E-state index in [2.05, 4.69) is 30.8 Å². The van der Waals surface area contributed by atoms with Gasteiger partial charge in [-0.15, -0.1) is 0 Å². The minimum Gasteiger partial charge on any atom is -0.389 e. The molecule has 0 aliphatic carbocycles. The lowest BCUT2D eigenvalue weighted by Crippen LogP contribution is -2.39. The third kappa shape index (κ3) is 7.88. The maximum Gasteiger partial charge on any atom is 0.0900 e. The Balaban J connectivity index is 2.07. The van der Waals surface area contributed by atoms with Crippen LogP contribution in [0.15, 0.2) is 0 Å². The van der Waals surface area contributed by atoms with Crippen molar-refractivity contribution in [1.29, 1.82) is 0 Å². The zero-order valence-corrected chi connectivity index (χ0v) is 13.0. The molecule has 0 aromatic rings. The number of unbranched alkanes of at least 4 members (excludes halogenated alkanes) is 1. The second-order valence-corrected chi connectivity index (χ2v) is 6.05. The molecule has 114 valence electrons. The summed E-state index contributed by atoms with van der Waals surface area (Å²) in [6.07, 6.45) is 4.44. The van der Waals surface area contributed by atoms with Crippen LogP contribution in [-0.4, -0.2) is 74.5 Å². The van der Waals surface area contributed by atoms with Crippen LogP contribution >= 0.6 is 0 Å². The number of rotatable bonds is 9. The zero-order chi connectivity index (χ0) is 14.1. The molecule has 1 N–H and O–H groups in total. The second kappa shape index (κ2) is 9.70. The Kier molecular flexibility index (Phi) is 8.62. The number of nitrogens with zero attached hydrogens (tertiary/aromatic N) is 2. The van der Waals surface area contributed by atoms with Crippen molar-refractivity contribution in [3.8, 4) is 0 Å². The molecule has 1 saturated heterocycles. The van der Waals surface area contributed by atoms with Gasteiger partial charge in [-0.25, -0.2) is 0 Å². The van der Waals surface area contributed by atoms with Gasteiger partial charge in [0.05, 0.1) is 12.7 Å². The summed E-state index contributed by atoms with van der Waals surface area (Å²) in [5, 5.41) is 9.92. The number of aliphatic hydroxyl groups excluding tert-OH is 1. The molecule has 4 heteroatoms. The number of piperidine rings is 1. The summed E-state index contributed by atoms with van der Waals surface area (Å²) in [5.41, 5.74) is 0. The number of hydrogen-bond donors (Lipinski definition) is 1. The zero-order valence-electron chi connectivity index (χ0n) is 13.0. The summed E-state index contributed by atoms with van der Waals surface area (Å²) in [4.78, 5) is 4.65. The fourth-order valence-corrected chi connectivity index (χ4v) is 2.64. The normalized spacial score (nSPS) is 20.1. The van der Waals surface area contributed by atoms with Crippen LogP contribution in [0, 0.1) is 5.92 Å². The molecule has 1 aliphatic heterocycles. The lowest BCUT2D eigenvalue weighted by Gasteiger charge is -2.32. The molecule has 0 amide bonds. The van der Waals surface area contributed by atoms with Crippen molar-refractivity contribution in [1.82, 2.24) is 9.80 Å². The average molecular weight is 272 g/mol. The van der Waals surface area contributed by atoms with Crippen molar-refractivity contribution >= 4 is 0 Å². The van der Waals surface area contributed by atoms with E-state index in [9.17, 15) is 5.11 Å². The van der Waals surface area contributed by atoms with Crippen molar-refractivity contribution in [2.75, 3.05) is 53.5 Å². The van der Waals surface area contributed by atoms with Gasteiger partial charge in [0.1, 0.15) is 0 Å². The number of likely N-dealkylation sites (tertiary alicyclic amines) is 1. The monoisotopic (exact) mass is 272 g/mol. The average Bonchev–Trinajstić information content (AvgIpc) is 2.37. The van der Waals surface area contributed by atoms with Gasteiger partial charge in [-0.2, -0.15) is 0 Å². The van der Waals surface area contributed by atoms with Crippen LogP contribution in [0.5, 0.6) is 0 Å². The largest absolute Gasteiger partial charge is 0.389 e. The van der Waals surface area contributed by atoms with E-state index in [1.165, 1.54) is 25.9 Å². The Bertz CT molecular complexity index is 218. The van der Waals surface area contributed by atoms with Crippen LogP contribution in [0.2, 0.25) is 0 Å². The van der Waals surface area contributed by atoms with Gasteiger partial charge < -0.3 is 19.6 Å². The van der Waals surface area contributed by atoms with Crippen molar-refractivity contribution in [3.05, 3.63) is 0 Å². The molecule has 1 atom stereocenters. The Morgan fingerprint density at radius 3 is 2.68 bits per heavy atom. The van der Waals surface area contributed by atoms with E-state index in [0.29, 0.717) is 6.61 Å². The second-order valence-electron chi connectivity index (χ2n) is 6.05. The number of likely N-dealkylation sites (N-methyl/N-ethyl adjacent to an activating group) is 1. The van der Waals surface area contributed by atoms with E-state index in [4.69, 9.17) is 4.74 Å². The molecule has 0 spiro atoms. The van der Waals surface area contributed by atoms with E-state index in [0.717, 1.165) is 38.5 Å². The van der Waals surface area contributed by atoms with Crippen molar-refractivity contribution in [2.24, 2.45) is 5.92 Å². The third-order valence-electron chi connectivity index (χ3n) is 3.88. The van der Waals surface area contributed by atoms with Gasteiger partial charge >= 0.3 is 0 Å². The van der Waals surface area contributed by atoms with E-state index in [1.807, 2.05) is 0 Å². The van der Waals surface area contributed by atoms with Crippen molar-refractivity contribution in [2.45, 2.75) is 38.7 Å². The molecule has 0 aromatic carbocycles. The van der Waals surface area contributed by atoms with Crippen molar-refractivity contribution in [3.63, 3.8) is 0 Å². The summed E-state index contributed by atoms with van der Waals surface area (Å²) < 4.78 is 5.46. The fraction of sp³-hybridized carbons (Fsp3) is 1.00. The Hall–Kier alpha value is -0.160. The topological polar surface area (TPSA) is 35.9 Å². The maximum absolute atomic E-state index is 9.92. The summed E-state index contributed by atoms with van der Waals surface area (Å²) in [5.74, 6) is 0.786. The highest BCUT2D eigenvalue weighted by Crippen LogP contribution is 2.16. The Labute approximate surface area is 118 Å². The van der Waals surface area contributed by atoms with Crippen LogP contribution in [-0.2, 0) is 4.74 Å². The highest BCUT2D eigenvalue weighted by Gasteiger charge is 2.19. The highest BCUT2D eigenvalue weighted by atomic mass is 16.5. The molecule has 4 nitrogen and oxygen atoms in total. The standard InChI is InChI=1S/C15H32N2O2/c1-4-5-10-19-13-15(18)12-17(3)11-14-6-8-16(2)9-7-14/h14-15,18H,4-13H2,1-3H3. The molecule has 19 heavy (non-hydrogen) atoms. The van der Waals surface area contributed by atoms with Gasteiger partial charge in [0, 0.05) is 19.7 Å². The quantitative estimate of drug-likeness (QED) is 0.644. The van der Waals surface area contributed by atoms with Crippen LogP contribution < -0.4 is 0 Å². The SMILES string of the molecule is CCCCOCC(O)CN(C)CC1CCN(C)CC1. The molecule has 0 aromatic heterocycles. The van der Waals surface area contributed by atoms with Crippen LogP contribution in [0.1, 0.15) is 32.6 Å². The molecule has 0 radical (unpaired) electrons. The molecule has 1 aliphatic rings. The summed E-state index contributed by atoms with van der Waals surface area (Å²) in [6, 6.07) is 0. The van der Waals surface area contributed by atoms with Crippen molar-refractivity contribution < 1.29 is 9.84 Å². The smallest absolute Gasteiger partial charge is 0.0900 e. The molecule has 1 heterocycles. The van der Waals surface area contributed by atoms with Crippen LogP contribution in [0.3, 0.4) is 0 Å². The number of ether oxygens (including phenoxy) is 1. The molecule has 0 saturated carbocycles. The first kappa shape index (κ1) is 16.9. The lowest BCUT2D eigenvalue weighted by atomic mass is 9.96. The van der Waals surface area contributed by atoms with Gasteiger partial charge in [0.2, 0.25) is 0 Å². The van der Waals surface area contributed by atoms with Gasteiger partial charge in [-0.1, -0.05) is 13.3 Å². The third-order valence-corrected chi connectivity index (χ3v) is 3.88. The predicted octanol–water partition coefficient (Wildman–Crippen LogP) is 1.44. The molecule has 1 rings (SSSR count). The van der Waals surface area contributed by atoms with Crippen LogP contribution in [0.4, 0.5) is 0 Å². The van der Waals surface area contributed by atoms with E-state index >= 15 is 0 Å². The van der Waals surface area contributed by atoms with Gasteiger partial charge in [-0.3, -0.25) is 0 Å². The van der Waals surface area contributed by atoms with E-state index in [-0.39, 0.29) is 6.10 Å². The summed E-state index contributed by atoms with van der Waals surface area (Å²) in [6.45, 7) is 7.62. The first-order valence-corrected chi connectivity index (χ1v) is 7.74. The predicted molar refractivity (Wildman–Crippen MR) is 79.5 cm³/mol. The Morgan fingerprint density at radius 2 is 2.05 bits per heavy atom. The molecular weight excluding hydrogens is 240 g/mol. The minimum atomic E-state index is -0.354. The van der Waals surface area contributed by atoms with Crippen LogP contribution in [0.25, 0.3) is 0 Å². The highest BCUT2D eigenvalue weighted by molar-refractivity contribution is 4.73. The first-order chi connectivity index (χ1) is 9.11. The van der Waals surface area contributed by atoms with Gasteiger partial charge in [0.15, 0.2) is 0 Å². The van der Waals surface area contributed by atoms with Gasteiger partial charge in [0.25, 0.3) is 0 Å². The fourth-order valence-electron chi connectivity index (χ4n) is 2.64. The lowest BCUT2D eigenvalue weighted by molar-refractivity contribution is 0.0164. The first-order valence-electron chi connectivity index (χ1n) is 7.74. The summed E-state index contributed by atoms with van der Waals surface area (Å²) >= 11 is 0. The molecule has 0 bridgehead atoms. The molecule has 1 unspecified atom stereocenters.